The van der Waals surface area contributed by atoms with Gasteiger partial charge in [-0.3, -0.25) is 0 Å². The van der Waals surface area contributed by atoms with Crippen molar-refractivity contribution >= 4 is 28.7 Å². The summed E-state index contributed by atoms with van der Waals surface area (Å²) in [4.78, 5) is 0. The van der Waals surface area contributed by atoms with Crippen LogP contribution in [0.1, 0.15) is 12.8 Å². The summed E-state index contributed by atoms with van der Waals surface area (Å²) in [5.74, 6) is 0.841. The quantitative estimate of drug-likeness (QED) is 0.811. The summed E-state index contributed by atoms with van der Waals surface area (Å²) in [5, 5.41) is 6.85. The molecule has 1 saturated heterocycles. The van der Waals surface area contributed by atoms with Crippen LogP contribution in [0.15, 0.2) is 54.6 Å². The van der Waals surface area contributed by atoms with E-state index in [1.54, 1.807) is 0 Å². The molecule has 2 N–H and O–H groups in total. The van der Waals surface area contributed by atoms with E-state index in [0.29, 0.717) is 11.7 Å². The molecule has 23 heavy (non-hydrogen) atoms. The Morgan fingerprint density at radius 3 is 2.39 bits per heavy atom. The molecule has 0 saturated carbocycles. The Labute approximate surface area is 141 Å². The van der Waals surface area contributed by atoms with Crippen LogP contribution in [0.2, 0.25) is 0 Å². The first-order valence-electron chi connectivity index (χ1n) is 7.77. The summed E-state index contributed by atoms with van der Waals surface area (Å²) in [6.45, 7) is 1.46. The molecule has 1 unspecified atom stereocenters. The molecule has 0 aromatic heterocycles. The van der Waals surface area contributed by atoms with E-state index in [-0.39, 0.29) is 6.10 Å². The first-order chi connectivity index (χ1) is 11.3. The molecule has 0 aliphatic carbocycles. The van der Waals surface area contributed by atoms with E-state index in [0.717, 1.165) is 36.6 Å². The maximum Gasteiger partial charge on any atom is 0.175 e. The van der Waals surface area contributed by atoms with Gasteiger partial charge in [0.05, 0.1) is 6.10 Å². The third kappa shape index (κ3) is 4.94. The lowest BCUT2D eigenvalue weighted by Crippen LogP contribution is -2.19. The fourth-order valence-electron chi connectivity index (χ4n) is 2.41. The number of ether oxygens (including phenoxy) is 2. The lowest BCUT2D eigenvalue weighted by molar-refractivity contribution is 0.0679. The molecule has 1 aliphatic heterocycles. The Morgan fingerprint density at radius 2 is 1.74 bits per heavy atom. The monoisotopic (exact) mass is 328 g/mol. The van der Waals surface area contributed by atoms with Crippen LogP contribution >= 0.6 is 12.2 Å². The van der Waals surface area contributed by atoms with Crippen molar-refractivity contribution in [2.24, 2.45) is 0 Å². The van der Waals surface area contributed by atoms with Gasteiger partial charge in [0.1, 0.15) is 12.4 Å². The first kappa shape index (κ1) is 15.8. The Kier molecular flexibility index (Phi) is 5.45. The normalized spacial score (nSPS) is 16.8. The number of nitrogens with one attached hydrogen (secondary N) is 2. The lowest BCUT2D eigenvalue weighted by atomic mass is 10.2. The topological polar surface area (TPSA) is 42.5 Å². The third-order valence-electron chi connectivity index (χ3n) is 3.60. The number of para-hydroxylation sites is 1. The van der Waals surface area contributed by atoms with E-state index in [1.165, 1.54) is 0 Å². The molecule has 1 heterocycles. The molecule has 1 fully saturated rings. The number of thiocarbonyl (C=S) groups is 1. The van der Waals surface area contributed by atoms with E-state index >= 15 is 0 Å². The second-order valence-electron chi connectivity index (χ2n) is 5.42. The van der Waals surface area contributed by atoms with Crippen molar-refractivity contribution < 1.29 is 9.47 Å². The lowest BCUT2D eigenvalue weighted by Gasteiger charge is -2.13. The number of hydrogen-bond donors (Lipinski definition) is 2. The number of rotatable bonds is 5. The largest absolute Gasteiger partial charge is 0.491 e. The molecule has 0 amide bonds. The van der Waals surface area contributed by atoms with Gasteiger partial charge in [0.15, 0.2) is 5.11 Å². The molecule has 2 aromatic rings. The molecule has 4 nitrogen and oxygen atoms in total. The van der Waals surface area contributed by atoms with Crippen molar-refractivity contribution in [3.63, 3.8) is 0 Å². The first-order valence-corrected chi connectivity index (χ1v) is 8.18. The Balaban J connectivity index is 1.47. The van der Waals surface area contributed by atoms with Gasteiger partial charge < -0.3 is 20.1 Å². The Morgan fingerprint density at radius 1 is 1.04 bits per heavy atom. The van der Waals surface area contributed by atoms with Gasteiger partial charge in [0.25, 0.3) is 0 Å². The average molecular weight is 328 g/mol. The highest BCUT2D eigenvalue weighted by Crippen LogP contribution is 2.18. The van der Waals surface area contributed by atoms with Crippen LogP contribution in [0.3, 0.4) is 0 Å². The molecule has 0 spiro atoms. The maximum absolute atomic E-state index is 5.74. The van der Waals surface area contributed by atoms with Gasteiger partial charge in [-0.1, -0.05) is 18.2 Å². The number of anilines is 2. The summed E-state index contributed by atoms with van der Waals surface area (Å²) >= 11 is 5.30. The molecule has 120 valence electrons. The highest BCUT2D eigenvalue weighted by atomic mass is 32.1. The van der Waals surface area contributed by atoms with Gasteiger partial charge in [0, 0.05) is 18.0 Å². The van der Waals surface area contributed by atoms with Crippen molar-refractivity contribution in [1.29, 1.82) is 0 Å². The molecule has 5 heteroatoms. The molecule has 1 atom stereocenters. The second kappa shape index (κ2) is 7.94. The minimum Gasteiger partial charge on any atom is -0.491 e. The zero-order chi connectivity index (χ0) is 15.9. The Bertz CT molecular complexity index is 625. The molecule has 0 radical (unpaired) electrons. The minimum absolute atomic E-state index is 0.232. The number of hydrogen-bond acceptors (Lipinski definition) is 3. The van der Waals surface area contributed by atoms with Crippen molar-refractivity contribution in [1.82, 2.24) is 0 Å². The fraction of sp³-hybridized carbons (Fsp3) is 0.278. The minimum atomic E-state index is 0.232. The molecular weight excluding hydrogens is 308 g/mol. The van der Waals surface area contributed by atoms with Crippen molar-refractivity contribution in [2.45, 2.75) is 18.9 Å². The Hall–Kier alpha value is -2.11. The summed E-state index contributed by atoms with van der Waals surface area (Å²) in [6, 6.07) is 17.6. The van der Waals surface area contributed by atoms with Crippen LogP contribution in [-0.4, -0.2) is 24.4 Å². The summed E-state index contributed by atoms with van der Waals surface area (Å²) in [5.41, 5.74) is 1.88. The van der Waals surface area contributed by atoms with Crippen LogP contribution in [0.5, 0.6) is 5.75 Å². The number of benzene rings is 2. The van der Waals surface area contributed by atoms with Crippen LogP contribution < -0.4 is 15.4 Å². The standard InChI is InChI=1S/C18H20N2O2S/c23-18(19-14-5-2-1-3-6-14)20-15-8-10-16(11-9-15)22-13-17-7-4-12-21-17/h1-3,5-6,8-11,17H,4,7,12-13H2,(H2,19,20,23). The predicted octanol–water partition coefficient (Wildman–Crippen LogP) is 4.05. The maximum atomic E-state index is 5.74. The second-order valence-corrected chi connectivity index (χ2v) is 5.82. The highest BCUT2D eigenvalue weighted by Gasteiger charge is 2.15. The van der Waals surface area contributed by atoms with Crippen LogP contribution in [0.25, 0.3) is 0 Å². The van der Waals surface area contributed by atoms with E-state index in [1.807, 2.05) is 54.6 Å². The predicted molar refractivity (Wildman–Crippen MR) is 97.2 cm³/mol. The summed E-state index contributed by atoms with van der Waals surface area (Å²) < 4.78 is 11.3. The van der Waals surface area contributed by atoms with Gasteiger partial charge in [0.2, 0.25) is 0 Å². The van der Waals surface area contributed by atoms with Gasteiger partial charge >= 0.3 is 0 Å². The van der Waals surface area contributed by atoms with Crippen LogP contribution in [0.4, 0.5) is 11.4 Å². The SMILES string of the molecule is S=C(Nc1ccccc1)Nc1ccc(OCC2CCCO2)cc1. The van der Waals surface area contributed by atoms with Gasteiger partial charge in [-0.25, -0.2) is 0 Å². The van der Waals surface area contributed by atoms with Crippen molar-refractivity contribution in [3.8, 4) is 5.75 Å². The van der Waals surface area contributed by atoms with Gasteiger partial charge in [-0.05, 0) is 61.5 Å². The van der Waals surface area contributed by atoms with E-state index in [9.17, 15) is 0 Å². The summed E-state index contributed by atoms with van der Waals surface area (Å²) in [6.07, 6.45) is 2.44. The van der Waals surface area contributed by atoms with Crippen LogP contribution in [0, 0.1) is 0 Å². The third-order valence-corrected chi connectivity index (χ3v) is 3.81. The average Bonchev–Trinajstić information content (AvgIpc) is 3.08. The van der Waals surface area contributed by atoms with Crippen molar-refractivity contribution in [2.75, 3.05) is 23.8 Å². The van der Waals surface area contributed by atoms with E-state index in [4.69, 9.17) is 21.7 Å². The highest BCUT2D eigenvalue weighted by molar-refractivity contribution is 7.80. The molecule has 0 bridgehead atoms. The molecular formula is C18H20N2O2S. The summed E-state index contributed by atoms with van der Waals surface area (Å²) in [7, 11) is 0. The zero-order valence-corrected chi connectivity index (χ0v) is 13.6. The van der Waals surface area contributed by atoms with Crippen molar-refractivity contribution in [3.05, 3.63) is 54.6 Å². The molecule has 3 rings (SSSR count). The molecule has 2 aromatic carbocycles. The van der Waals surface area contributed by atoms with E-state index < -0.39 is 0 Å². The zero-order valence-electron chi connectivity index (χ0n) is 12.8. The fourth-order valence-corrected chi connectivity index (χ4v) is 2.65. The van der Waals surface area contributed by atoms with Crippen LogP contribution in [-0.2, 0) is 4.74 Å². The van der Waals surface area contributed by atoms with Gasteiger partial charge in [-0.15, -0.1) is 0 Å². The van der Waals surface area contributed by atoms with Gasteiger partial charge in [-0.2, -0.15) is 0 Å². The molecule has 1 aliphatic rings. The van der Waals surface area contributed by atoms with E-state index in [2.05, 4.69) is 10.6 Å². The smallest absolute Gasteiger partial charge is 0.175 e.